The summed E-state index contributed by atoms with van der Waals surface area (Å²) >= 11 is 7.11. The van der Waals surface area contributed by atoms with Gasteiger partial charge in [0.15, 0.2) is 28.8 Å². The van der Waals surface area contributed by atoms with Crippen molar-refractivity contribution in [1.82, 2.24) is 9.66 Å². The van der Waals surface area contributed by atoms with E-state index in [4.69, 9.17) is 28.3 Å². The molecule has 9 nitrogen and oxygen atoms in total. The van der Waals surface area contributed by atoms with E-state index in [1.54, 1.807) is 43.7 Å². The van der Waals surface area contributed by atoms with Crippen molar-refractivity contribution in [3.05, 3.63) is 109 Å². The monoisotopic (exact) mass is 701 g/mol. The van der Waals surface area contributed by atoms with Gasteiger partial charge in [-0.1, -0.05) is 34.1 Å². The number of benzene rings is 4. The molecule has 7 rings (SSSR count). The summed E-state index contributed by atoms with van der Waals surface area (Å²) in [5.74, 6) is 3.12. The van der Waals surface area contributed by atoms with Crippen LogP contribution in [0.5, 0.6) is 23.0 Å². The molecule has 43 heavy (non-hydrogen) atoms. The molecule has 0 fully saturated rings. The Bertz CT molecular complexity index is 2120. The number of nitrogens with zero attached hydrogens (tertiary/aromatic N) is 3. The lowest BCUT2D eigenvalue weighted by Crippen LogP contribution is -2.20. The lowest BCUT2D eigenvalue weighted by molar-refractivity contribution is 0.174. The normalized spacial score (nSPS) is 12.4. The first-order chi connectivity index (χ1) is 21.0. The molecule has 0 atom stereocenters. The minimum absolute atomic E-state index is 0.211. The molecule has 6 aromatic rings. The predicted molar refractivity (Wildman–Crippen MR) is 169 cm³/mol. The van der Waals surface area contributed by atoms with Crippen molar-refractivity contribution in [3.8, 4) is 34.6 Å². The van der Waals surface area contributed by atoms with E-state index >= 15 is 0 Å². The van der Waals surface area contributed by atoms with Gasteiger partial charge >= 0.3 is 0 Å². The third kappa shape index (κ3) is 5.26. The zero-order chi connectivity index (χ0) is 29.5. The highest BCUT2D eigenvalue weighted by molar-refractivity contribution is 9.10. The molecule has 1 aliphatic rings. The fourth-order valence-electron chi connectivity index (χ4n) is 4.75. The molecule has 11 heteroatoms. The molecule has 1 aliphatic heterocycles. The topological polar surface area (TPSA) is 97.3 Å². The summed E-state index contributed by atoms with van der Waals surface area (Å²) in [7, 11) is 1.56. The van der Waals surface area contributed by atoms with Gasteiger partial charge in [0.25, 0.3) is 5.56 Å². The van der Waals surface area contributed by atoms with Gasteiger partial charge in [-0.05, 0) is 82.2 Å². The predicted octanol–water partition coefficient (Wildman–Crippen LogP) is 7.53. The van der Waals surface area contributed by atoms with E-state index < -0.39 is 0 Å². The second-order valence-corrected chi connectivity index (χ2v) is 11.4. The Kier molecular flexibility index (Phi) is 7.12. The number of rotatable bonds is 7. The molecule has 0 bridgehead atoms. The first-order valence-electron chi connectivity index (χ1n) is 13.1. The summed E-state index contributed by atoms with van der Waals surface area (Å²) in [6, 6.07) is 23.9. The number of aromatic nitrogens is 2. The van der Waals surface area contributed by atoms with Crippen molar-refractivity contribution in [1.29, 1.82) is 0 Å². The zero-order valence-electron chi connectivity index (χ0n) is 22.5. The van der Waals surface area contributed by atoms with Crippen molar-refractivity contribution in [2.75, 3.05) is 13.9 Å². The van der Waals surface area contributed by atoms with Gasteiger partial charge in [0.2, 0.25) is 12.6 Å². The average Bonchev–Trinajstić information content (AvgIpc) is 3.66. The van der Waals surface area contributed by atoms with E-state index in [9.17, 15) is 4.79 Å². The fourth-order valence-corrected chi connectivity index (χ4v) is 5.55. The molecule has 0 unspecified atom stereocenters. The lowest BCUT2D eigenvalue weighted by atomic mass is 10.2. The number of para-hydroxylation sites is 1. The van der Waals surface area contributed by atoms with Crippen molar-refractivity contribution in [3.63, 3.8) is 0 Å². The van der Waals surface area contributed by atoms with Crippen molar-refractivity contribution in [2.24, 2.45) is 5.10 Å². The highest BCUT2D eigenvalue weighted by Gasteiger charge is 2.18. The van der Waals surface area contributed by atoms with Crippen LogP contribution in [0.1, 0.15) is 11.1 Å². The zero-order valence-corrected chi connectivity index (χ0v) is 25.7. The van der Waals surface area contributed by atoms with Crippen molar-refractivity contribution in [2.45, 2.75) is 6.61 Å². The van der Waals surface area contributed by atoms with Crippen LogP contribution in [0, 0.1) is 0 Å². The van der Waals surface area contributed by atoms with Crippen molar-refractivity contribution >= 4 is 59.9 Å². The Morgan fingerprint density at radius 3 is 2.72 bits per heavy atom. The Balaban J connectivity index is 1.24. The van der Waals surface area contributed by atoms with Crippen LogP contribution in [0.3, 0.4) is 0 Å². The second-order valence-electron chi connectivity index (χ2n) is 9.61. The molecular formula is C32H21Br2N3O6. The highest BCUT2D eigenvalue weighted by atomic mass is 79.9. The smallest absolute Gasteiger partial charge is 0.282 e. The number of halogens is 2. The molecule has 0 saturated heterocycles. The number of hydrogen-bond donors (Lipinski definition) is 0. The van der Waals surface area contributed by atoms with E-state index in [0.717, 1.165) is 15.4 Å². The molecule has 4 aromatic carbocycles. The minimum Gasteiger partial charge on any atom is -0.493 e. The van der Waals surface area contributed by atoms with E-state index in [2.05, 4.69) is 37.0 Å². The number of hydrogen-bond acceptors (Lipinski definition) is 8. The Morgan fingerprint density at radius 2 is 1.84 bits per heavy atom. The van der Waals surface area contributed by atoms with Crippen molar-refractivity contribution < 1.29 is 23.4 Å². The van der Waals surface area contributed by atoms with E-state index in [1.165, 1.54) is 4.68 Å². The Morgan fingerprint density at radius 1 is 0.977 bits per heavy atom. The third-order valence-electron chi connectivity index (χ3n) is 6.88. The number of methoxy groups -OCH3 is 1. The largest absolute Gasteiger partial charge is 0.493 e. The van der Waals surface area contributed by atoms with Gasteiger partial charge < -0.3 is 23.4 Å². The summed E-state index contributed by atoms with van der Waals surface area (Å²) in [5.41, 5.74) is 2.46. The van der Waals surface area contributed by atoms with Gasteiger partial charge in [-0.3, -0.25) is 4.79 Å². The lowest BCUT2D eigenvalue weighted by Gasteiger charge is -2.13. The maximum absolute atomic E-state index is 13.7. The van der Waals surface area contributed by atoms with Gasteiger partial charge in [0.1, 0.15) is 12.2 Å². The number of ether oxygens (including phenoxy) is 4. The van der Waals surface area contributed by atoms with Crippen LogP contribution < -0.4 is 24.5 Å². The summed E-state index contributed by atoms with van der Waals surface area (Å²) in [6.07, 6.45) is 1.56. The van der Waals surface area contributed by atoms with Crippen LogP contribution in [-0.2, 0) is 6.61 Å². The summed E-state index contributed by atoms with van der Waals surface area (Å²) in [5, 5.41) is 5.88. The van der Waals surface area contributed by atoms with E-state index in [0.29, 0.717) is 61.9 Å². The molecule has 0 N–H and O–H groups in total. The van der Waals surface area contributed by atoms with Gasteiger partial charge in [0.05, 0.1) is 24.2 Å². The molecule has 0 spiro atoms. The number of fused-ring (bicyclic) bond motifs is 3. The molecule has 0 aliphatic carbocycles. The van der Waals surface area contributed by atoms with Crippen LogP contribution in [0.2, 0.25) is 0 Å². The van der Waals surface area contributed by atoms with E-state index in [-0.39, 0.29) is 18.2 Å². The molecule has 214 valence electrons. The van der Waals surface area contributed by atoms with E-state index in [1.807, 2.05) is 48.5 Å². The highest BCUT2D eigenvalue weighted by Crippen LogP contribution is 2.36. The molecule has 2 aromatic heterocycles. The first kappa shape index (κ1) is 27.2. The minimum atomic E-state index is -0.328. The summed E-state index contributed by atoms with van der Waals surface area (Å²) in [4.78, 5) is 18.4. The maximum Gasteiger partial charge on any atom is 0.282 e. The Labute approximate surface area is 261 Å². The van der Waals surface area contributed by atoms with Gasteiger partial charge in [-0.15, -0.1) is 0 Å². The van der Waals surface area contributed by atoms with Gasteiger partial charge in [0, 0.05) is 19.9 Å². The molecule has 3 heterocycles. The maximum atomic E-state index is 13.7. The van der Waals surface area contributed by atoms with Crippen LogP contribution in [-0.4, -0.2) is 29.8 Å². The van der Waals surface area contributed by atoms with Gasteiger partial charge in [-0.2, -0.15) is 9.78 Å². The SMILES string of the molecule is COc1cc(C=Nn2c(-c3cc4cc(Br)ccc4o3)nc3ccccc3c2=O)c(Br)cc1OCc1ccc2c(c1)OCO2. The fraction of sp³-hybridized carbons (Fsp3) is 0.0938. The quantitative estimate of drug-likeness (QED) is 0.159. The molecule has 0 saturated carbocycles. The van der Waals surface area contributed by atoms with Crippen LogP contribution in [0.15, 0.2) is 102 Å². The third-order valence-corrected chi connectivity index (χ3v) is 8.06. The van der Waals surface area contributed by atoms with Gasteiger partial charge in [-0.25, -0.2) is 4.98 Å². The van der Waals surface area contributed by atoms with Crippen LogP contribution in [0.25, 0.3) is 33.5 Å². The molecule has 0 amide bonds. The second kappa shape index (κ2) is 11.2. The number of furan rings is 1. The van der Waals surface area contributed by atoms with Crippen LogP contribution >= 0.6 is 31.9 Å². The average molecular weight is 703 g/mol. The van der Waals surface area contributed by atoms with Crippen LogP contribution in [0.4, 0.5) is 0 Å². The summed E-state index contributed by atoms with van der Waals surface area (Å²) < 4.78 is 31.5. The first-order valence-corrected chi connectivity index (χ1v) is 14.7. The Hall–Kier alpha value is -4.61. The molecule has 0 radical (unpaired) electrons. The standard InChI is InChI=1S/C32H21Br2N3O6/c1-39-27-13-20(23(34)14-29(27)40-16-18-6-8-26-28(10-18)42-17-41-26)15-35-37-31(36-24-5-3-2-4-22(24)32(37)38)30-12-19-11-21(33)7-9-25(19)43-30/h2-15H,16-17H2,1H3. The molecular weight excluding hydrogens is 682 g/mol. The summed E-state index contributed by atoms with van der Waals surface area (Å²) in [6.45, 7) is 0.505.